The van der Waals surface area contributed by atoms with Gasteiger partial charge in [0.2, 0.25) is 0 Å². The molecule has 0 bridgehead atoms. The summed E-state index contributed by atoms with van der Waals surface area (Å²) in [6.07, 6.45) is 0. The second kappa shape index (κ2) is 12.5. The van der Waals surface area contributed by atoms with E-state index in [1.807, 2.05) is 52.8 Å². The summed E-state index contributed by atoms with van der Waals surface area (Å²) in [5, 5.41) is 0.868. The zero-order valence-corrected chi connectivity index (χ0v) is 20.4. The van der Waals surface area contributed by atoms with Crippen LogP contribution in [0.2, 0.25) is 0 Å². The molecular weight excluding hydrogens is 486 g/mol. The lowest BCUT2D eigenvalue weighted by Crippen LogP contribution is -2.50. The molecule has 0 saturated carbocycles. The largest absolute Gasteiger partial charge is 0.276 e. The van der Waals surface area contributed by atoms with Gasteiger partial charge in [0.15, 0.2) is 0 Å². The van der Waals surface area contributed by atoms with Crippen LogP contribution in [0, 0.1) is 13.8 Å². The van der Waals surface area contributed by atoms with Crippen molar-refractivity contribution in [3.63, 3.8) is 0 Å². The van der Waals surface area contributed by atoms with Gasteiger partial charge in [0.05, 0.1) is 5.54 Å². The lowest BCUT2D eigenvalue weighted by molar-refractivity contribution is 0.0581. The maximum absolute atomic E-state index is 12.3. The Morgan fingerprint density at radius 2 is 1.50 bits per heavy atom. The predicted octanol–water partition coefficient (Wildman–Crippen LogP) is 6.09. The Bertz CT molecular complexity index is 794. The van der Waals surface area contributed by atoms with Gasteiger partial charge in [0, 0.05) is 15.6 Å². The average Bonchev–Trinajstić information content (AvgIpc) is 2.59. The van der Waals surface area contributed by atoms with Gasteiger partial charge in [-0.05, 0) is 63.4 Å². The first kappa shape index (κ1) is 29.1. The van der Waals surface area contributed by atoms with Crippen molar-refractivity contribution in [2.24, 2.45) is 5.84 Å². The minimum atomic E-state index is -0.407. The molecule has 2 rings (SSSR count). The van der Waals surface area contributed by atoms with Gasteiger partial charge < -0.3 is 0 Å². The number of amides is 1. The van der Waals surface area contributed by atoms with Gasteiger partial charge >= 0.3 is 0 Å². The molecule has 2 aromatic rings. The molecule has 156 valence electrons. The molecule has 0 spiro atoms. The van der Waals surface area contributed by atoms with Crippen LogP contribution in [0.5, 0.6) is 0 Å². The number of hydrazine groups is 1. The van der Waals surface area contributed by atoms with Gasteiger partial charge in [-0.3, -0.25) is 14.6 Å². The molecule has 2 N–H and O–H groups in total. The van der Waals surface area contributed by atoms with Crippen molar-refractivity contribution in [3.8, 4) is 0 Å². The number of carbonyl (C=O) groups is 2. The lowest BCUT2D eigenvalue weighted by atomic mass is 10.0. The van der Waals surface area contributed by atoms with Crippen LogP contribution in [0.15, 0.2) is 46.9 Å². The van der Waals surface area contributed by atoms with E-state index in [1.54, 1.807) is 24.3 Å². The Labute approximate surface area is 192 Å². The molecule has 0 aliphatic rings. The molecule has 0 saturated heterocycles. The molecule has 0 radical (unpaired) electrons. The standard InChI is InChI=1S/C13H19BrN2O.C7H5ClO.2ClH/c1-8-6-7-10(9(2)11(8)14)12(17)16(15)13(3,4)5;8-7(9)6-4-2-1-3-5-6;;/h6-7H,15H2,1-5H3;1-5H;2*1H. The predicted molar refractivity (Wildman–Crippen MR) is 125 cm³/mol. The van der Waals surface area contributed by atoms with Crippen LogP contribution >= 0.6 is 52.3 Å². The van der Waals surface area contributed by atoms with Crippen LogP contribution in [0.25, 0.3) is 0 Å². The van der Waals surface area contributed by atoms with E-state index in [1.165, 1.54) is 5.01 Å². The van der Waals surface area contributed by atoms with Crippen LogP contribution in [-0.4, -0.2) is 21.7 Å². The van der Waals surface area contributed by atoms with Gasteiger partial charge in [0.25, 0.3) is 11.1 Å². The second-order valence-corrected chi connectivity index (χ2v) is 7.99. The summed E-state index contributed by atoms with van der Waals surface area (Å²) in [5.74, 6) is 5.70. The Morgan fingerprint density at radius 1 is 1.00 bits per heavy atom. The number of halogens is 4. The molecule has 0 atom stereocenters. The first-order valence-electron chi connectivity index (χ1n) is 8.06. The van der Waals surface area contributed by atoms with E-state index in [0.29, 0.717) is 11.1 Å². The van der Waals surface area contributed by atoms with Gasteiger partial charge in [-0.25, -0.2) is 5.84 Å². The summed E-state index contributed by atoms with van der Waals surface area (Å²) in [7, 11) is 0. The van der Waals surface area contributed by atoms with Gasteiger partial charge in [0.1, 0.15) is 0 Å². The molecule has 1 amide bonds. The number of nitrogens with zero attached hydrogens (tertiary/aromatic N) is 1. The normalized spacial score (nSPS) is 9.86. The molecule has 0 fully saturated rings. The summed E-state index contributed by atoms with van der Waals surface area (Å²) in [6, 6.07) is 12.5. The molecular formula is C20H26BrCl3N2O2. The van der Waals surface area contributed by atoms with Crippen LogP contribution < -0.4 is 5.84 Å². The fourth-order valence-corrected chi connectivity index (χ4v) is 2.53. The first-order chi connectivity index (χ1) is 12.0. The third kappa shape index (κ3) is 8.10. The van der Waals surface area contributed by atoms with Crippen molar-refractivity contribution < 1.29 is 9.59 Å². The quantitative estimate of drug-likeness (QED) is 0.229. The molecule has 0 aliphatic carbocycles. The van der Waals surface area contributed by atoms with E-state index in [2.05, 4.69) is 15.9 Å². The van der Waals surface area contributed by atoms with Crippen molar-refractivity contribution in [2.45, 2.75) is 40.2 Å². The fourth-order valence-electron chi connectivity index (χ4n) is 2.06. The molecule has 28 heavy (non-hydrogen) atoms. The molecule has 0 aromatic heterocycles. The molecule has 2 aromatic carbocycles. The molecule has 8 heteroatoms. The molecule has 0 aliphatic heterocycles. The number of hydrogen-bond donors (Lipinski definition) is 1. The molecule has 4 nitrogen and oxygen atoms in total. The number of rotatable bonds is 2. The summed E-state index contributed by atoms with van der Waals surface area (Å²) < 4.78 is 0.964. The Hall–Kier alpha value is -1.11. The highest BCUT2D eigenvalue weighted by Crippen LogP contribution is 2.25. The summed E-state index contributed by atoms with van der Waals surface area (Å²) >= 11 is 8.65. The van der Waals surface area contributed by atoms with Crippen LogP contribution in [-0.2, 0) is 0 Å². The van der Waals surface area contributed by atoms with Gasteiger partial charge in [-0.2, -0.15) is 0 Å². The third-order valence-electron chi connectivity index (χ3n) is 3.75. The maximum atomic E-state index is 12.3. The molecule has 0 unspecified atom stereocenters. The SMILES string of the molecule is Cc1ccc(C(=O)N(N)C(C)(C)C)c(C)c1Br.Cl.Cl.O=C(Cl)c1ccccc1. The van der Waals surface area contributed by atoms with Crippen LogP contribution in [0.3, 0.4) is 0 Å². The minimum absolute atomic E-state index is 0. The van der Waals surface area contributed by atoms with Crippen molar-refractivity contribution in [3.05, 3.63) is 69.2 Å². The Balaban J connectivity index is 0. The smallest absolute Gasteiger partial charge is 0.268 e. The zero-order chi connectivity index (χ0) is 20.1. The number of hydrogen-bond acceptors (Lipinski definition) is 3. The lowest BCUT2D eigenvalue weighted by Gasteiger charge is -2.31. The van der Waals surface area contributed by atoms with E-state index < -0.39 is 5.24 Å². The Morgan fingerprint density at radius 3 is 1.89 bits per heavy atom. The topological polar surface area (TPSA) is 63.4 Å². The van der Waals surface area contributed by atoms with Crippen molar-refractivity contribution in [1.82, 2.24) is 5.01 Å². The van der Waals surface area contributed by atoms with E-state index in [0.717, 1.165) is 15.6 Å². The average molecular weight is 513 g/mol. The number of benzene rings is 2. The summed E-state index contributed by atoms with van der Waals surface area (Å²) in [4.78, 5) is 22.7. The number of nitrogens with two attached hydrogens (primary N) is 1. The first-order valence-corrected chi connectivity index (χ1v) is 9.23. The fraction of sp³-hybridized carbons (Fsp3) is 0.300. The highest BCUT2D eigenvalue weighted by molar-refractivity contribution is 9.10. The maximum Gasteiger partial charge on any atom is 0.268 e. The summed E-state index contributed by atoms with van der Waals surface area (Å²) in [5.41, 5.74) is 2.83. The number of carbonyl (C=O) groups excluding carboxylic acids is 2. The van der Waals surface area contributed by atoms with Crippen molar-refractivity contribution in [2.75, 3.05) is 0 Å². The van der Waals surface area contributed by atoms with Crippen molar-refractivity contribution >= 4 is 63.5 Å². The third-order valence-corrected chi connectivity index (χ3v) is 5.19. The number of aryl methyl sites for hydroxylation is 1. The second-order valence-electron chi connectivity index (χ2n) is 6.85. The van der Waals surface area contributed by atoms with Crippen LogP contribution in [0.4, 0.5) is 0 Å². The highest BCUT2D eigenvalue weighted by atomic mass is 79.9. The van der Waals surface area contributed by atoms with Crippen molar-refractivity contribution in [1.29, 1.82) is 0 Å². The van der Waals surface area contributed by atoms with E-state index in [-0.39, 0.29) is 36.3 Å². The minimum Gasteiger partial charge on any atom is -0.276 e. The Kier molecular flexibility index (Phi) is 12.9. The molecule has 0 heterocycles. The summed E-state index contributed by atoms with van der Waals surface area (Å²) in [6.45, 7) is 9.63. The van der Waals surface area contributed by atoms with E-state index in [9.17, 15) is 9.59 Å². The van der Waals surface area contributed by atoms with E-state index in [4.69, 9.17) is 17.4 Å². The monoisotopic (exact) mass is 510 g/mol. The van der Waals surface area contributed by atoms with Gasteiger partial charge in [-0.1, -0.05) is 52.3 Å². The van der Waals surface area contributed by atoms with E-state index >= 15 is 0 Å². The van der Waals surface area contributed by atoms with Gasteiger partial charge in [-0.15, -0.1) is 24.8 Å². The van der Waals surface area contributed by atoms with Crippen LogP contribution in [0.1, 0.15) is 52.6 Å². The zero-order valence-electron chi connectivity index (χ0n) is 16.5. The highest BCUT2D eigenvalue weighted by Gasteiger charge is 2.26.